The highest BCUT2D eigenvalue weighted by Crippen LogP contribution is 2.56. The van der Waals surface area contributed by atoms with Gasteiger partial charge in [-0.05, 0) is 46.9 Å². The molecule has 2 fully saturated rings. The van der Waals surface area contributed by atoms with Crippen molar-refractivity contribution in [2.75, 3.05) is 0 Å². The molecule has 0 amide bonds. The lowest BCUT2D eigenvalue weighted by Gasteiger charge is -2.45. The zero-order valence-corrected chi connectivity index (χ0v) is 20.1. The number of ether oxygens (including phenoxy) is 3. The van der Waals surface area contributed by atoms with Crippen LogP contribution in [-0.2, 0) is 31.8 Å². The molecule has 3 aliphatic rings. The van der Waals surface area contributed by atoms with Gasteiger partial charge in [-0.1, -0.05) is 76.2 Å². The average molecular weight is 447 g/mol. The summed E-state index contributed by atoms with van der Waals surface area (Å²) < 4.78 is 19.7. The standard InChI is InChI=1S/C29H34O4/c1-5-19-11-7-9-13-21(19)26-27(22-14-10-8-12-20(22)6-2)33-29(32-26)17-24-23(18-31-29)25(30)15-16-28(24,3)4/h7-14,18,24,26-27H,5-6,15-17H2,1-4H3/t24-,26+,27+/m1/s1. The van der Waals surface area contributed by atoms with Gasteiger partial charge in [0, 0.05) is 24.3 Å². The summed E-state index contributed by atoms with van der Waals surface area (Å²) in [7, 11) is 0. The molecule has 1 aliphatic carbocycles. The average Bonchev–Trinajstić information content (AvgIpc) is 3.20. The lowest BCUT2D eigenvalue weighted by atomic mass is 9.64. The van der Waals surface area contributed by atoms with Crippen molar-refractivity contribution in [1.82, 2.24) is 0 Å². The summed E-state index contributed by atoms with van der Waals surface area (Å²) in [6.45, 7) is 8.81. The molecule has 2 aromatic carbocycles. The molecule has 1 saturated heterocycles. The van der Waals surface area contributed by atoms with Crippen LogP contribution < -0.4 is 0 Å². The second-order valence-corrected chi connectivity index (χ2v) is 10.2. The lowest BCUT2D eigenvalue weighted by Crippen LogP contribution is -2.46. The van der Waals surface area contributed by atoms with Crippen LogP contribution >= 0.6 is 0 Å². The molecule has 4 heteroatoms. The number of carbonyl (C=O) groups excluding carboxylic acids is 1. The second-order valence-electron chi connectivity index (χ2n) is 10.2. The Hall–Kier alpha value is -2.43. The van der Waals surface area contributed by atoms with Gasteiger partial charge in [0.15, 0.2) is 5.78 Å². The zero-order chi connectivity index (χ0) is 23.2. The predicted octanol–water partition coefficient (Wildman–Crippen LogP) is 6.60. The van der Waals surface area contributed by atoms with Crippen molar-refractivity contribution in [1.29, 1.82) is 0 Å². The van der Waals surface area contributed by atoms with Crippen molar-refractivity contribution in [2.24, 2.45) is 11.3 Å². The number of hydrogen-bond acceptors (Lipinski definition) is 4. The topological polar surface area (TPSA) is 44.8 Å². The Balaban J connectivity index is 1.58. The van der Waals surface area contributed by atoms with Gasteiger partial charge in [-0.25, -0.2) is 0 Å². The first kappa shape index (κ1) is 22.4. The molecule has 2 aromatic rings. The van der Waals surface area contributed by atoms with Gasteiger partial charge in [0.05, 0.1) is 6.26 Å². The van der Waals surface area contributed by atoms with Gasteiger partial charge in [-0.2, -0.15) is 0 Å². The summed E-state index contributed by atoms with van der Waals surface area (Å²) in [5.41, 5.74) is 5.56. The van der Waals surface area contributed by atoms with Crippen LogP contribution in [0.2, 0.25) is 0 Å². The van der Waals surface area contributed by atoms with Crippen molar-refractivity contribution in [3.63, 3.8) is 0 Å². The van der Waals surface area contributed by atoms with E-state index in [2.05, 4.69) is 76.2 Å². The Morgan fingerprint density at radius 2 is 1.42 bits per heavy atom. The Labute approximate surface area is 196 Å². The molecule has 3 atom stereocenters. The third-order valence-electron chi connectivity index (χ3n) is 7.83. The Bertz CT molecular complexity index is 1030. The van der Waals surface area contributed by atoms with Crippen molar-refractivity contribution in [2.45, 2.75) is 78.0 Å². The molecule has 0 N–H and O–H groups in total. The van der Waals surface area contributed by atoms with Crippen LogP contribution in [0.1, 0.15) is 81.4 Å². The SMILES string of the molecule is CCc1ccccc1[C@@H]1OC2(C[C@@H]3C(=CO2)C(=O)CCC3(C)C)O[C@H]1c1ccccc1CC. The largest absolute Gasteiger partial charge is 0.446 e. The molecule has 1 spiro atoms. The number of carbonyl (C=O) groups is 1. The molecule has 1 saturated carbocycles. The van der Waals surface area contributed by atoms with E-state index in [4.69, 9.17) is 14.2 Å². The summed E-state index contributed by atoms with van der Waals surface area (Å²) in [5.74, 6) is -0.956. The summed E-state index contributed by atoms with van der Waals surface area (Å²) in [6, 6.07) is 16.9. The molecule has 174 valence electrons. The number of hydrogen-bond donors (Lipinski definition) is 0. The van der Waals surface area contributed by atoms with Gasteiger partial charge in [-0.15, -0.1) is 0 Å². The lowest BCUT2D eigenvalue weighted by molar-refractivity contribution is -0.336. The third-order valence-corrected chi connectivity index (χ3v) is 7.83. The van der Waals surface area contributed by atoms with Crippen LogP contribution in [0.25, 0.3) is 0 Å². The Morgan fingerprint density at radius 3 is 1.97 bits per heavy atom. The minimum atomic E-state index is -1.19. The predicted molar refractivity (Wildman–Crippen MR) is 127 cm³/mol. The van der Waals surface area contributed by atoms with E-state index in [0.29, 0.717) is 12.8 Å². The van der Waals surface area contributed by atoms with Crippen molar-refractivity contribution in [3.05, 3.63) is 82.6 Å². The molecule has 2 heterocycles. The number of Topliss-reactive ketones (excluding diaryl/α,β-unsaturated/α-hetero) is 1. The van der Waals surface area contributed by atoms with E-state index >= 15 is 0 Å². The quantitative estimate of drug-likeness (QED) is 0.530. The van der Waals surface area contributed by atoms with E-state index in [1.165, 1.54) is 11.1 Å². The molecule has 33 heavy (non-hydrogen) atoms. The number of rotatable bonds is 4. The summed E-state index contributed by atoms with van der Waals surface area (Å²) >= 11 is 0. The highest BCUT2D eigenvalue weighted by atomic mass is 16.9. The highest BCUT2D eigenvalue weighted by Gasteiger charge is 2.57. The van der Waals surface area contributed by atoms with E-state index in [-0.39, 0.29) is 29.3 Å². The third kappa shape index (κ3) is 3.83. The summed E-state index contributed by atoms with van der Waals surface area (Å²) in [5, 5.41) is 0. The molecule has 0 aromatic heterocycles. The van der Waals surface area contributed by atoms with Crippen LogP contribution in [0.4, 0.5) is 0 Å². The first-order chi connectivity index (χ1) is 15.9. The van der Waals surface area contributed by atoms with E-state index < -0.39 is 5.97 Å². The van der Waals surface area contributed by atoms with Crippen molar-refractivity contribution >= 4 is 5.78 Å². The maximum absolute atomic E-state index is 12.6. The van der Waals surface area contributed by atoms with Gasteiger partial charge in [0.1, 0.15) is 12.2 Å². The minimum Gasteiger partial charge on any atom is -0.446 e. The monoisotopic (exact) mass is 446 g/mol. The van der Waals surface area contributed by atoms with E-state index in [0.717, 1.165) is 36.0 Å². The van der Waals surface area contributed by atoms with E-state index in [9.17, 15) is 4.79 Å². The van der Waals surface area contributed by atoms with Gasteiger partial charge in [0.2, 0.25) is 0 Å². The fraction of sp³-hybridized carbons (Fsp3) is 0.483. The summed E-state index contributed by atoms with van der Waals surface area (Å²) in [4.78, 5) is 12.6. The minimum absolute atomic E-state index is 0.0144. The zero-order valence-electron chi connectivity index (χ0n) is 20.1. The van der Waals surface area contributed by atoms with Crippen LogP contribution in [-0.4, -0.2) is 11.8 Å². The Morgan fingerprint density at radius 1 is 0.879 bits per heavy atom. The Kier molecular flexibility index (Phi) is 5.70. The highest BCUT2D eigenvalue weighted by molar-refractivity contribution is 5.96. The first-order valence-electron chi connectivity index (χ1n) is 12.3. The molecular formula is C29H34O4. The molecule has 0 unspecified atom stereocenters. The van der Waals surface area contributed by atoms with Gasteiger partial charge >= 0.3 is 5.97 Å². The van der Waals surface area contributed by atoms with Crippen LogP contribution in [0.3, 0.4) is 0 Å². The number of benzene rings is 2. The molecule has 0 bridgehead atoms. The normalized spacial score (nSPS) is 27.7. The fourth-order valence-corrected chi connectivity index (χ4v) is 5.77. The molecule has 2 aliphatic heterocycles. The summed E-state index contributed by atoms with van der Waals surface area (Å²) in [6.07, 6.45) is 4.86. The van der Waals surface area contributed by atoms with Crippen LogP contribution in [0.5, 0.6) is 0 Å². The molecule has 0 radical (unpaired) electrons. The van der Waals surface area contributed by atoms with Gasteiger partial charge in [0.25, 0.3) is 0 Å². The maximum Gasteiger partial charge on any atom is 0.328 e. The number of fused-ring (bicyclic) bond motifs is 1. The van der Waals surface area contributed by atoms with Crippen LogP contribution in [0.15, 0.2) is 60.4 Å². The number of ketones is 1. The van der Waals surface area contributed by atoms with E-state index in [1.807, 2.05) is 0 Å². The fourth-order valence-electron chi connectivity index (χ4n) is 5.77. The first-order valence-corrected chi connectivity index (χ1v) is 12.3. The van der Waals surface area contributed by atoms with Crippen LogP contribution in [0, 0.1) is 11.3 Å². The number of aryl methyl sites for hydroxylation is 2. The van der Waals surface area contributed by atoms with Gasteiger partial charge < -0.3 is 14.2 Å². The van der Waals surface area contributed by atoms with Gasteiger partial charge in [-0.3, -0.25) is 4.79 Å². The van der Waals surface area contributed by atoms with E-state index in [1.54, 1.807) is 6.26 Å². The molecule has 4 nitrogen and oxygen atoms in total. The van der Waals surface area contributed by atoms with Crippen molar-refractivity contribution < 1.29 is 19.0 Å². The number of allylic oxidation sites excluding steroid dienone is 1. The smallest absolute Gasteiger partial charge is 0.328 e. The molecule has 5 rings (SSSR count). The van der Waals surface area contributed by atoms with Crippen molar-refractivity contribution in [3.8, 4) is 0 Å². The molecular weight excluding hydrogens is 412 g/mol. The maximum atomic E-state index is 12.6. The second kappa shape index (κ2) is 8.41.